The fourth-order valence-corrected chi connectivity index (χ4v) is 1.07. The van der Waals surface area contributed by atoms with Crippen molar-refractivity contribution >= 4 is 5.82 Å². The van der Waals surface area contributed by atoms with Crippen molar-refractivity contribution in [3.8, 4) is 6.07 Å². The normalized spacial score (nSPS) is 9.53. The summed E-state index contributed by atoms with van der Waals surface area (Å²) < 4.78 is 4.69. The maximum atomic E-state index is 8.58. The summed E-state index contributed by atoms with van der Waals surface area (Å²) in [5.41, 5.74) is 1.35. The van der Waals surface area contributed by atoms with E-state index in [1.807, 2.05) is 6.07 Å². The zero-order chi connectivity index (χ0) is 10.5. The Morgan fingerprint density at radius 1 is 1.40 bits per heavy atom. The molecule has 0 amide bonds. The molecule has 2 aromatic heterocycles. The van der Waals surface area contributed by atoms with Gasteiger partial charge in [0.15, 0.2) is 0 Å². The molecule has 0 aliphatic rings. The summed E-state index contributed by atoms with van der Waals surface area (Å²) in [6, 6.07) is 7.24. The van der Waals surface area contributed by atoms with Crippen LogP contribution in [0.2, 0.25) is 0 Å². The van der Waals surface area contributed by atoms with E-state index < -0.39 is 0 Å². The van der Waals surface area contributed by atoms with E-state index >= 15 is 0 Å². The average Bonchev–Trinajstić information content (AvgIpc) is 2.80. The number of anilines is 1. The van der Waals surface area contributed by atoms with Crippen LogP contribution in [0.15, 0.2) is 35.2 Å². The van der Waals surface area contributed by atoms with Gasteiger partial charge in [-0.05, 0) is 12.1 Å². The van der Waals surface area contributed by atoms with Crippen molar-refractivity contribution < 1.29 is 4.52 Å². The molecule has 0 fully saturated rings. The predicted octanol–water partition coefficient (Wildman–Crippen LogP) is 1.55. The van der Waals surface area contributed by atoms with E-state index in [0.717, 1.165) is 5.69 Å². The van der Waals surface area contributed by atoms with Crippen molar-refractivity contribution in [3.05, 3.63) is 41.9 Å². The molecular weight excluding hydrogens is 192 g/mol. The monoisotopic (exact) mass is 200 g/mol. The van der Waals surface area contributed by atoms with Gasteiger partial charge in [0.1, 0.15) is 23.8 Å². The molecule has 5 nitrogen and oxygen atoms in total. The van der Waals surface area contributed by atoms with Crippen LogP contribution in [0.3, 0.4) is 0 Å². The van der Waals surface area contributed by atoms with Gasteiger partial charge in [0.05, 0.1) is 12.1 Å². The number of nitrogens with one attached hydrogen (secondary N) is 1. The van der Waals surface area contributed by atoms with Crippen LogP contribution in [0.1, 0.15) is 11.3 Å². The maximum Gasteiger partial charge on any atom is 0.126 e. The predicted molar refractivity (Wildman–Crippen MR) is 52.8 cm³/mol. The minimum Gasteiger partial charge on any atom is -0.364 e. The average molecular weight is 200 g/mol. The van der Waals surface area contributed by atoms with Crippen molar-refractivity contribution in [3.63, 3.8) is 0 Å². The first-order valence-electron chi connectivity index (χ1n) is 4.38. The number of pyridine rings is 1. The van der Waals surface area contributed by atoms with Crippen molar-refractivity contribution in [2.45, 2.75) is 6.54 Å². The quantitative estimate of drug-likeness (QED) is 0.813. The van der Waals surface area contributed by atoms with Crippen molar-refractivity contribution in [2.24, 2.45) is 0 Å². The SMILES string of the molecule is N#Cc1ccc(NCc2ccon2)nc1. The molecule has 2 heterocycles. The molecule has 0 spiro atoms. The Balaban J connectivity index is 1.97. The molecule has 0 saturated carbocycles. The van der Waals surface area contributed by atoms with Crippen LogP contribution in [0.25, 0.3) is 0 Å². The number of aromatic nitrogens is 2. The van der Waals surface area contributed by atoms with Gasteiger partial charge in [-0.2, -0.15) is 5.26 Å². The Labute approximate surface area is 86.3 Å². The smallest absolute Gasteiger partial charge is 0.126 e. The van der Waals surface area contributed by atoms with E-state index in [-0.39, 0.29) is 0 Å². The lowest BCUT2D eigenvalue weighted by Gasteiger charge is -2.01. The molecule has 2 rings (SSSR count). The summed E-state index contributed by atoms with van der Waals surface area (Å²) in [5, 5.41) is 15.4. The zero-order valence-electron chi connectivity index (χ0n) is 7.84. The lowest BCUT2D eigenvalue weighted by Crippen LogP contribution is -2.01. The molecule has 0 radical (unpaired) electrons. The van der Waals surface area contributed by atoms with E-state index in [2.05, 4.69) is 20.0 Å². The molecule has 0 atom stereocenters. The van der Waals surface area contributed by atoms with Crippen molar-refractivity contribution in [2.75, 3.05) is 5.32 Å². The zero-order valence-corrected chi connectivity index (χ0v) is 7.84. The highest BCUT2D eigenvalue weighted by atomic mass is 16.5. The molecule has 0 saturated heterocycles. The van der Waals surface area contributed by atoms with Gasteiger partial charge >= 0.3 is 0 Å². The third-order valence-electron chi connectivity index (χ3n) is 1.83. The third-order valence-corrected chi connectivity index (χ3v) is 1.83. The Bertz CT molecular complexity index is 455. The maximum absolute atomic E-state index is 8.58. The number of rotatable bonds is 3. The van der Waals surface area contributed by atoms with Crippen LogP contribution in [0, 0.1) is 11.3 Å². The lowest BCUT2D eigenvalue weighted by atomic mass is 10.3. The van der Waals surface area contributed by atoms with Crippen molar-refractivity contribution in [1.29, 1.82) is 5.26 Å². The molecule has 2 aromatic rings. The Kier molecular flexibility index (Phi) is 2.61. The molecule has 15 heavy (non-hydrogen) atoms. The molecular formula is C10H8N4O. The second-order valence-corrected chi connectivity index (χ2v) is 2.89. The summed E-state index contributed by atoms with van der Waals surface area (Å²) in [5.74, 6) is 0.706. The van der Waals surface area contributed by atoms with Crippen LogP contribution in [-0.2, 0) is 6.54 Å². The first-order chi connectivity index (χ1) is 7.38. The van der Waals surface area contributed by atoms with Gasteiger partial charge < -0.3 is 9.84 Å². The van der Waals surface area contributed by atoms with Gasteiger partial charge in [0, 0.05) is 12.3 Å². The fraction of sp³-hybridized carbons (Fsp3) is 0.100. The first-order valence-corrected chi connectivity index (χ1v) is 4.38. The highest BCUT2D eigenvalue weighted by Crippen LogP contribution is 2.05. The van der Waals surface area contributed by atoms with Crippen LogP contribution in [0.5, 0.6) is 0 Å². The van der Waals surface area contributed by atoms with Crippen LogP contribution < -0.4 is 5.32 Å². The standard InChI is InChI=1S/C10H8N4O/c11-5-8-1-2-10(12-6-8)13-7-9-3-4-15-14-9/h1-4,6H,7H2,(H,12,13). The summed E-state index contributed by atoms with van der Waals surface area (Å²) in [6.45, 7) is 0.551. The van der Waals surface area contributed by atoms with Crippen LogP contribution in [0.4, 0.5) is 5.82 Å². The van der Waals surface area contributed by atoms with E-state index in [4.69, 9.17) is 5.26 Å². The molecule has 0 aliphatic carbocycles. The largest absolute Gasteiger partial charge is 0.364 e. The second kappa shape index (κ2) is 4.24. The molecule has 0 unspecified atom stereocenters. The summed E-state index contributed by atoms with van der Waals surface area (Å²) in [7, 11) is 0. The number of nitriles is 1. The van der Waals surface area contributed by atoms with Gasteiger partial charge in [-0.15, -0.1) is 0 Å². The number of hydrogen-bond donors (Lipinski definition) is 1. The minimum atomic E-state index is 0.544. The molecule has 5 heteroatoms. The van der Waals surface area contributed by atoms with Crippen LogP contribution in [-0.4, -0.2) is 10.1 Å². The second-order valence-electron chi connectivity index (χ2n) is 2.89. The van der Waals surface area contributed by atoms with Gasteiger partial charge in [-0.1, -0.05) is 5.16 Å². The Morgan fingerprint density at radius 2 is 2.33 bits per heavy atom. The molecule has 0 bridgehead atoms. The molecule has 74 valence electrons. The summed E-state index contributed by atoms with van der Waals surface area (Å²) in [6.07, 6.45) is 3.04. The Hall–Kier alpha value is -2.35. The van der Waals surface area contributed by atoms with E-state index in [1.165, 1.54) is 12.5 Å². The third kappa shape index (κ3) is 2.31. The molecule has 1 N–H and O–H groups in total. The van der Waals surface area contributed by atoms with E-state index in [0.29, 0.717) is 17.9 Å². The topological polar surface area (TPSA) is 74.7 Å². The minimum absolute atomic E-state index is 0.544. The van der Waals surface area contributed by atoms with Gasteiger partial charge in [-0.25, -0.2) is 4.98 Å². The van der Waals surface area contributed by atoms with Crippen molar-refractivity contribution in [1.82, 2.24) is 10.1 Å². The van der Waals surface area contributed by atoms with Gasteiger partial charge in [-0.3, -0.25) is 0 Å². The van der Waals surface area contributed by atoms with E-state index in [9.17, 15) is 0 Å². The fourth-order valence-electron chi connectivity index (χ4n) is 1.07. The lowest BCUT2D eigenvalue weighted by molar-refractivity contribution is 0.412. The van der Waals surface area contributed by atoms with Crippen LogP contribution >= 0.6 is 0 Å². The summed E-state index contributed by atoms with van der Waals surface area (Å²) in [4.78, 5) is 4.06. The Morgan fingerprint density at radius 3 is 2.93 bits per heavy atom. The first kappa shape index (κ1) is 9.21. The number of hydrogen-bond acceptors (Lipinski definition) is 5. The summed E-state index contributed by atoms with van der Waals surface area (Å²) >= 11 is 0. The highest BCUT2D eigenvalue weighted by molar-refractivity contribution is 5.39. The van der Waals surface area contributed by atoms with E-state index in [1.54, 1.807) is 18.2 Å². The number of nitrogens with zero attached hydrogens (tertiary/aromatic N) is 3. The van der Waals surface area contributed by atoms with Gasteiger partial charge in [0.2, 0.25) is 0 Å². The van der Waals surface area contributed by atoms with Gasteiger partial charge in [0.25, 0.3) is 0 Å². The molecule has 0 aromatic carbocycles. The molecule has 0 aliphatic heterocycles. The highest BCUT2D eigenvalue weighted by Gasteiger charge is 1.97.